The first-order valence-electron chi connectivity index (χ1n) is 8.91. The van der Waals surface area contributed by atoms with E-state index >= 15 is 0 Å². The van der Waals surface area contributed by atoms with Crippen LogP contribution in [0.3, 0.4) is 0 Å². The van der Waals surface area contributed by atoms with E-state index in [2.05, 4.69) is 4.90 Å². The average molecular weight is 332 g/mol. The van der Waals surface area contributed by atoms with Crippen LogP contribution < -0.4 is 0 Å². The molecule has 0 spiro atoms. The van der Waals surface area contributed by atoms with Gasteiger partial charge in [-0.05, 0) is 69.3 Å². The van der Waals surface area contributed by atoms with E-state index in [1.807, 2.05) is 19.1 Å². The molecule has 0 unspecified atom stereocenters. The van der Waals surface area contributed by atoms with Crippen molar-refractivity contribution in [1.29, 1.82) is 0 Å². The maximum absolute atomic E-state index is 12.9. The van der Waals surface area contributed by atoms with Crippen molar-refractivity contribution < 1.29 is 14.0 Å². The number of carbonyl (C=O) groups excluding carboxylic acids is 2. The Morgan fingerprint density at radius 3 is 2.38 bits per heavy atom. The van der Waals surface area contributed by atoms with Crippen molar-refractivity contribution in [3.05, 3.63) is 35.6 Å². The molecule has 0 radical (unpaired) electrons. The van der Waals surface area contributed by atoms with Crippen LogP contribution in [0.4, 0.5) is 4.39 Å². The Labute approximate surface area is 142 Å². The van der Waals surface area contributed by atoms with Crippen molar-refractivity contribution in [3.8, 4) is 0 Å². The van der Waals surface area contributed by atoms with Gasteiger partial charge < -0.3 is 0 Å². The highest BCUT2D eigenvalue weighted by molar-refractivity contribution is 6.05. The fourth-order valence-electron chi connectivity index (χ4n) is 3.86. The van der Waals surface area contributed by atoms with Crippen molar-refractivity contribution in [3.63, 3.8) is 0 Å². The van der Waals surface area contributed by atoms with Gasteiger partial charge in [-0.1, -0.05) is 12.1 Å². The van der Waals surface area contributed by atoms with Gasteiger partial charge in [0.05, 0.1) is 12.5 Å². The molecular weight excluding hydrogens is 307 g/mol. The summed E-state index contributed by atoms with van der Waals surface area (Å²) >= 11 is 0. The third-order valence-electron chi connectivity index (χ3n) is 5.38. The largest absolute Gasteiger partial charge is 0.292 e. The second-order valence-electron chi connectivity index (χ2n) is 6.84. The van der Waals surface area contributed by atoms with Crippen LogP contribution in [0.2, 0.25) is 0 Å². The Bertz CT molecular complexity index is 594. The fourth-order valence-corrected chi connectivity index (χ4v) is 3.86. The number of amides is 2. The highest BCUT2D eigenvalue weighted by Gasteiger charge is 2.41. The van der Waals surface area contributed by atoms with E-state index in [1.54, 1.807) is 0 Å². The zero-order valence-electron chi connectivity index (χ0n) is 14.2. The monoisotopic (exact) mass is 332 g/mol. The molecule has 24 heavy (non-hydrogen) atoms. The maximum Gasteiger partial charge on any atom is 0.247 e. The van der Waals surface area contributed by atoms with Gasteiger partial charge in [-0.15, -0.1) is 0 Å². The van der Waals surface area contributed by atoms with Gasteiger partial charge in [-0.25, -0.2) is 4.39 Å². The van der Waals surface area contributed by atoms with Gasteiger partial charge in [-0.3, -0.25) is 19.4 Å². The lowest BCUT2D eigenvalue weighted by Crippen LogP contribution is -2.45. The van der Waals surface area contributed by atoms with E-state index in [0.717, 1.165) is 38.8 Å². The van der Waals surface area contributed by atoms with Crippen LogP contribution >= 0.6 is 0 Å². The van der Waals surface area contributed by atoms with Crippen molar-refractivity contribution in [1.82, 2.24) is 9.80 Å². The van der Waals surface area contributed by atoms with Gasteiger partial charge in [0.1, 0.15) is 5.82 Å². The number of likely N-dealkylation sites (N-methyl/N-ethyl adjacent to an activating group) is 1. The second kappa shape index (κ2) is 7.43. The molecule has 130 valence electrons. The van der Waals surface area contributed by atoms with Crippen molar-refractivity contribution in [2.45, 2.75) is 45.1 Å². The van der Waals surface area contributed by atoms with Crippen LogP contribution in [-0.2, 0) is 16.0 Å². The lowest BCUT2D eigenvalue weighted by molar-refractivity contribution is -0.139. The molecule has 5 heteroatoms. The maximum atomic E-state index is 12.9. The Morgan fingerprint density at radius 2 is 1.79 bits per heavy atom. The normalized spacial score (nSPS) is 23.2. The Kier molecular flexibility index (Phi) is 5.29. The van der Waals surface area contributed by atoms with Gasteiger partial charge in [0.25, 0.3) is 0 Å². The predicted molar refractivity (Wildman–Crippen MR) is 89.8 cm³/mol. The number of imide groups is 1. The van der Waals surface area contributed by atoms with Crippen LogP contribution in [0, 0.1) is 11.7 Å². The number of carbonyl (C=O) groups is 2. The molecule has 0 bridgehead atoms. The van der Waals surface area contributed by atoms with Crippen LogP contribution in [-0.4, -0.2) is 47.3 Å². The number of hydrogen-bond acceptors (Lipinski definition) is 3. The van der Waals surface area contributed by atoms with E-state index in [9.17, 15) is 14.0 Å². The molecule has 3 rings (SSSR count). The van der Waals surface area contributed by atoms with E-state index in [0.29, 0.717) is 18.9 Å². The minimum Gasteiger partial charge on any atom is -0.292 e. The van der Waals surface area contributed by atoms with Gasteiger partial charge in [-0.2, -0.15) is 0 Å². The number of aryl methyl sites for hydroxylation is 1. The first-order chi connectivity index (χ1) is 11.6. The summed E-state index contributed by atoms with van der Waals surface area (Å²) in [6, 6.07) is 6.50. The number of nitrogens with zero attached hydrogens (tertiary/aromatic N) is 2. The SMILES string of the molecule is CCN1C(=O)C[C@@H](N2CCC(CCc3ccc(F)cc3)CC2)C1=O. The minimum absolute atomic E-state index is 0.0211. The van der Waals surface area contributed by atoms with Gasteiger partial charge in [0.2, 0.25) is 11.8 Å². The molecule has 2 aliphatic heterocycles. The first-order valence-corrected chi connectivity index (χ1v) is 8.91. The van der Waals surface area contributed by atoms with Crippen LogP contribution in [0.25, 0.3) is 0 Å². The molecule has 0 aromatic heterocycles. The zero-order valence-corrected chi connectivity index (χ0v) is 14.2. The summed E-state index contributed by atoms with van der Waals surface area (Å²) in [5, 5.41) is 0. The number of hydrogen-bond donors (Lipinski definition) is 0. The number of halogens is 1. The molecule has 0 N–H and O–H groups in total. The zero-order chi connectivity index (χ0) is 17.1. The summed E-state index contributed by atoms with van der Waals surface area (Å²) < 4.78 is 12.9. The molecule has 1 atom stereocenters. The first kappa shape index (κ1) is 17.1. The Morgan fingerprint density at radius 1 is 1.12 bits per heavy atom. The summed E-state index contributed by atoms with van der Waals surface area (Å²) in [6.45, 7) is 4.09. The molecule has 2 fully saturated rings. The summed E-state index contributed by atoms with van der Waals surface area (Å²) in [5.41, 5.74) is 1.17. The molecule has 2 saturated heterocycles. The van der Waals surface area contributed by atoms with Crippen LogP contribution in [0.15, 0.2) is 24.3 Å². The van der Waals surface area contributed by atoms with Gasteiger partial charge in [0.15, 0.2) is 0 Å². The third-order valence-corrected chi connectivity index (χ3v) is 5.38. The van der Waals surface area contributed by atoms with Crippen LogP contribution in [0.5, 0.6) is 0 Å². The van der Waals surface area contributed by atoms with E-state index in [-0.39, 0.29) is 23.7 Å². The van der Waals surface area contributed by atoms with Gasteiger partial charge >= 0.3 is 0 Å². The molecule has 0 saturated carbocycles. The summed E-state index contributed by atoms with van der Waals surface area (Å²) in [4.78, 5) is 27.7. The highest BCUT2D eigenvalue weighted by Crippen LogP contribution is 2.27. The third kappa shape index (κ3) is 3.66. The molecule has 2 heterocycles. The molecule has 2 amide bonds. The number of rotatable bonds is 5. The average Bonchev–Trinajstić information content (AvgIpc) is 2.89. The molecule has 4 nitrogen and oxygen atoms in total. The van der Waals surface area contributed by atoms with Crippen molar-refractivity contribution in [2.24, 2.45) is 5.92 Å². The Balaban J connectivity index is 1.47. The molecule has 0 aliphatic carbocycles. The second-order valence-corrected chi connectivity index (χ2v) is 6.84. The van der Waals surface area contributed by atoms with Crippen molar-refractivity contribution in [2.75, 3.05) is 19.6 Å². The lowest BCUT2D eigenvalue weighted by atomic mass is 9.90. The summed E-state index contributed by atoms with van der Waals surface area (Å²) in [5.74, 6) is 0.392. The highest BCUT2D eigenvalue weighted by atomic mass is 19.1. The quantitative estimate of drug-likeness (QED) is 0.778. The topological polar surface area (TPSA) is 40.6 Å². The smallest absolute Gasteiger partial charge is 0.247 e. The number of piperidine rings is 1. The molecular formula is C19H25FN2O2. The molecule has 1 aromatic carbocycles. The fraction of sp³-hybridized carbons (Fsp3) is 0.579. The standard InChI is InChI=1S/C19H25FN2O2/c1-2-22-18(23)13-17(19(22)24)21-11-9-15(10-12-21)4-3-14-5-7-16(20)8-6-14/h5-8,15,17H,2-4,9-13H2,1H3/t17-/m1/s1. The van der Waals surface area contributed by atoms with Gasteiger partial charge in [0, 0.05) is 6.54 Å². The predicted octanol–water partition coefficient (Wildman–Crippen LogP) is 2.62. The summed E-state index contributed by atoms with van der Waals surface area (Å²) in [7, 11) is 0. The van der Waals surface area contributed by atoms with E-state index in [4.69, 9.17) is 0 Å². The Hall–Kier alpha value is -1.75. The number of likely N-dealkylation sites (tertiary alicyclic amines) is 2. The molecule has 2 aliphatic rings. The minimum atomic E-state index is -0.240. The van der Waals surface area contributed by atoms with E-state index in [1.165, 1.54) is 22.6 Å². The summed E-state index contributed by atoms with van der Waals surface area (Å²) in [6.07, 6.45) is 4.52. The molecule has 1 aromatic rings. The van der Waals surface area contributed by atoms with E-state index < -0.39 is 0 Å². The van der Waals surface area contributed by atoms with Crippen molar-refractivity contribution >= 4 is 11.8 Å². The van der Waals surface area contributed by atoms with Crippen LogP contribution in [0.1, 0.15) is 38.2 Å². The number of benzene rings is 1. The lowest BCUT2D eigenvalue weighted by Gasteiger charge is -2.34.